The number of hydrogen-bond donors (Lipinski definition) is 1. The van der Waals surface area contributed by atoms with Crippen molar-refractivity contribution in [3.05, 3.63) is 117 Å². The lowest BCUT2D eigenvalue weighted by atomic mass is 10.2. The minimum absolute atomic E-state index is 0.00917. The number of methoxy groups -OCH3 is 1. The average Bonchev–Trinajstić information content (AvgIpc) is 3.37. The van der Waals surface area contributed by atoms with Gasteiger partial charge in [0.1, 0.15) is 6.61 Å². The minimum atomic E-state index is -0.456. The van der Waals surface area contributed by atoms with Crippen LogP contribution in [0.2, 0.25) is 5.02 Å². The Bertz CT molecular complexity index is 1420. The van der Waals surface area contributed by atoms with Crippen LogP contribution in [0.25, 0.3) is 0 Å². The predicted octanol–water partition coefficient (Wildman–Crippen LogP) is 4.84. The van der Waals surface area contributed by atoms with Crippen molar-refractivity contribution in [3.63, 3.8) is 0 Å². The van der Waals surface area contributed by atoms with Crippen LogP contribution in [0, 0.1) is 10.1 Å². The summed E-state index contributed by atoms with van der Waals surface area (Å²) in [5.41, 5.74) is 5.12. The highest BCUT2D eigenvalue weighted by Crippen LogP contribution is 2.28. The van der Waals surface area contributed by atoms with Crippen molar-refractivity contribution in [2.24, 2.45) is 5.10 Å². The van der Waals surface area contributed by atoms with E-state index in [1.807, 2.05) is 12.1 Å². The summed E-state index contributed by atoms with van der Waals surface area (Å²) in [7, 11) is 1.52. The molecule has 0 aliphatic rings. The van der Waals surface area contributed by atoms with Gasteiger partial charge in [-0.1, -0.05) is 23.7 Å². The van der Waals surface area contributed by atoms with Gasteiger partial charge in [-0.15, -0.1) is 0 Å². The maximum absolute atomic E-state index is 12.4. The van der Waals surface area contributed by atoms with Crippen LogP contribution < -0.4 is 14.9 Å². The number of nitro benzene ring substituents is 1. The quantitative estimate of drug-likeness (QED) is 0.182. The second-order valence-electron chi connectivity index (χ2n) is 7.85. The van der Waals surface area contributed by atoms with Crippen LogP contribution in [0.5, 0.6) is 11.5 Å². The van der Waals surface area contributed by atoms with Crippen LogP contribution >= 0.6 is 11.6 Å². The number of nitro groups is 1. The van der Waals surface area contributed by atoms with Crippen LogP contribution in [0.15, 0.2) is 84.1 Å². The highest BCUT2D eigenvalue weighted by molar-refractivity contribution is 6.30. The third kappa shape index (κ3) is 6.92. The summed E-state index contributed by atoms with van der Waals surface area (Å²) in [6, 6.07) is 20.3. The Morgan fingerprint density at radius 2 is 1.81 bits per heavy atom. The number of halogens is 1. The highest BCUT2D eigenvalue weighted by atomic mass is 35.5. The van der Waals surface area contributed by atoms with Gasteiger partial charge in [-0.2, -0.15) is 10.2 Å². The van der Waals surface area contributed by atoms with Gasteiger partial charge in [0.05, 0.1) is 24.8 Å². The molecule has 1 N–H and O–H groups in total. The number of carbonyl (C=O) groups is 1. The molecule has 188 valence electrons. The zero-order valence-corrected chi connectivity index (χ0v) is 20.5. The number of ether oxygens (including phenoxy) is 2. The largest absolute Gasteiger partial charge is 0.493 e. The van der Waals surface area contributed by atoms with Gasteiger partial charge in [0.15, 0.2) is 17.2 Å². The first-order valence-corrected chi connectivity index (χ1v) is 11.4. The number of nitrogens with one attached hydrogen (secondary N) is 1. The lowest BCUT2D eigenvalue weighted by molar-refractivity contribution is -0.384. The van der Waals surface area contributed by atoms with Crippen LogP contribution in [-0.4, -0.2) is 33.9 Å². The SMILES string of the molecule is COc1ccc(/C=N/NC(=O)c2ccn(Cc3ccc(Cl)cc3)n2)cc1OCc1ccc([N+](=O)[O-])cc1. The molecule has 0 bridgehead atoms. The van der Waals surface area contributed by atoms with Gasteiger partial charge < -0.3 is 9.47 Å². The standard InChI is InChI=1S/C26H22ClN5O5/c1-36-24-11-6-20(14-25(24)37-17-19-4-9-22(10-5-19)32(34)35)15-28-29-26(33)23-12-13-31(30-23)16-18-2-7-21(27)8-3-18/h2-15H,16-17H2,1H3,(H,29,33)/b28-15+. The van der Waals surface area contributed by atoms with E-state index < -0.39 is 10.8 Å². The zero-order chi connectivity index (χ0) is 26.2. The van der Waals surface area contributed by atoms with Crippen molar-refractivity contribution in [2.45, 2.75) is 13.2 Å². The number of nitrogens with zero attached hydrogens (tertiary/aromatic N) is 4. The molecular weight excluding hydrogens is 498 g/mol. The van der Waals surface area contributed by atoms with E-state index >= 15 is 0 Å². The summed E-state index contributed by atoms with van der Waals surface area (Å²) in [5, 5.41) is 19.8. The number of hydrazone groups is 1. The Morgan fingerprint density at radius 3 is 2.51 bits per heavy atom. The summed E-state index contributed by atoms with van der Waals surface area (Å²) in [5.74, 6) is 0.514. The first-order valence-electron chi connectivity index (χ1n) is 11.1. The Hall–Kier alpha value is -4.70. The molecule has 1 heterocycles. The number of hydrogen-bond acceptors (Lipinski definition) is 7. The van der Waals surface area contributed by atoms with Gasteiger partial charge in [-0.3, -0.25) is 19.6 Å². The minimum Gasteiger partial charge on any atom is -0.493 e. The normalized spacial score (nSPS) is 10.9. The van der Waals surface area contributed by atoms with Gasteiger partial charge in [0.25, 0.3) is 11.6 Å². The van der Waals surface area contributed by atoms with Gasteiger partial charge in [0.2, 0.25) is 0 Å². The predicted molar refractivity (Wildman–Crippen MR) is 138 cm³/mol. The molecule has 37 heavy (non-hydrogen) atoms. The molecule has 3 aromatic carbocycles. The number of benzene rings is 3. The third-order valence-corrected chi connectivity index (χ3v) is 5.49. The Kier molecular flexibility index (Phi) is 8.11. The monoisotopic (exact) mass is 519 g/mol. The fourth-order valence-electron chi connectivity index (χ4n) is 3.33. The van der Waals surface area contributed by atoms with Crippen LogP contribution in [0.4, 0.5) is 5.69 Å². The molecule has 0 radical (unpaired) electrons. The summed E-state index contributed by atoms with van der Waals surface area (Å²) in [6.07, 6.45) is 3.19. The molecule has 11 heteroatoms. The topological polar surface area (TPSA) is 121 Å². The van der Waals surface area contributed by atoms with E-state index in [-0.39, 0.29) is 18.0 Å². The van der Waals surface area contributed by atoms with Gasteiger partial charge in [0, 0.05) is 23.4 Å². The molecule has 4 rings (SSSR count). The van der Waals surface area contributed by atoms with Crippen molar-refractivity contribution in [2.75, 3.05) is 7.11 Å². The summed E-state index contributed by atoms with van der Waals surface area (Å²) >= 11 is 5.91. The molecule has 1 aromatic heterocycles. The van der Waals surface area contributed by atoms with Crippen molar-refractivity contribution >= 4 is 29.4 Å². The van der Waals surface area contributed by atoms with E-state index in [1.165, 1.54) is 25.5 Å². The van der Waals surface area contributed by atoms with Crippen LogP contribution in [0.3, 0.4) is 0 Å². The van der Waals surface area contributed by atoms with Crippen molar-refractivity contribution in [3.8, 4) is 11.5 Å². The number of non-ortho nitro benzene ring substituents is 1. The fourth-order valence-corrected chi connectivity index (χ4v) is 3.46. The van der Waals surface area contributed by atoms with Gasteiger partial charge in [-0.25, -0.2) is 5.43 Å². The number of aromatic nitrogens is 2. The van der Waals surface area contributed by atoms with Gasteiger partial charge in [-0.05, 0) is 65.2 Å². The van der Waals surface area contributed by atoms with Crippen LogP contribution in [-0.2, 0) is 13.2 Å². The second kappa shape index (κ2) is 11.8. The molecule has 0 unspecified atom stereocenters. The molecule has 0 spiro atoms. The summed E-state index contributed by atoms with van der Waals surface area (Å²) in [4.78, 5) is 22.8. The molecule has 0 aliphatic carbocycles. The zero-order valence-electron chi connectivity index (χ0n) is 19.7. The first kappa shape index (κ1) is 25.4. The Balaban J connectivity index is 1.35. The number of rotatable bonds is 10. The lowest BCUT2D eigenvalue weighted by Gasteiger charge is -2.11. The Morgan fingerprint density at radius 1 is 1.08 bits per heavy atom. The molecule has 0 saturated heterocycles. The number of carbonyl (C=O) groups excluding carboxylic acids is 1. The molecule has 0 saturated carbocycles. The summed E-state index contributed by atoms with van der Waals surface area (Å²) in [6.45, 7) is 0.687. The van der Waals surface area contributed by atoms with E-state index in [0.717, 1.165) is 11.1 Å². The molecule has 0 atom stereocenters. The molecule has 10 nitrogen and oxygen atoms in total. The lowest BCUT2D eigenvalue weighted by Crippen LogP contribution is -2.18. The molecule has 0 aliphatic heterocycles. The van der Waals surface area contributed by atoms with E-state index in [0.29, 0.717) is 28.6 Å². The smallest absolute Gasteiger partial charge is 0.291 e. The molecule has 4 aromatic rings. The fraction of sp³-hybridized carbons (Fsp3) is 0.115. The number of amides is 1. The van der Waals surface area contributed by atoms with Crippen molar-refractivity contribution < 1.29 is 19.2 Å². The van der Waals surface area contributed by atoms with Gasteiger partial charge >= 0.3 is 0 Å². The van der Waals surface area contributed by atoms with E-state index in [4.69, 9.17) is 21.1 Å². The van der Waals surface area contributed by atoms with E-state index in [9.17, 15) is 14.9 Å². The van der Waals surface area contributed by atoms with Crippen LogP contribution in [0.1, 0.15) is 27.2 Å². The molecule has 0 fully saturated rings. The summed E-state index contributed by atoms with van der Waals surface area (Å²) < 4.78 is 12.8. The highest BCUT2D eigenvalue weighted by Gasteiger charge is 2.10. The molecule has 1 amide bonds. The maximum Gasteiger partial charge on any atom is 0.291 e. The maximum atomic E-state index is 12.4. The second-order valence-corrected chi connectivity index (χ2v) is 8.28. The Labute approximate surface area is 217 Å². The average molecular weight is 520 g/mol. The molecular formula is C26H22ClN5O5. The third-order valence-electron chi connectivity index (χ3n) is 5.24. The first-order chi connectivity index (χ1) is 17.9. The van der Waals surface area contributed by atoms with Crippen molar-refractivity contribution in [1.29, 1.82) is 0 Å². The van der Waals surface area contributed by atoms with E-state index in [2.05, 4.69) is 15.6 Å². The van der Waals surface area contributed by atoms with Crippen molar-refractivity contribution in [1.82, 2.24) is 15.2 Å². The van der Waals surface area contributed by atoms with E-state index in [1.54, 1.807) is 59.4 Å².